The fourth-order valence-corrected chi connectivity index (χ4v) is 4.88. The SMILES string of the molecule is CCOC(=O)c1[nH]c(C)c(C(=O)CN(Cc2ccncc2)S(=O)(=O)c2ccccc2)c1C. The number of hydrogen-bond acceptors (Lipinski definition) is 6. The molecule has 0 aliphatic heterocycles. The smallest absolute Gasteiger partial charge is 0.355 e. The monoisotopic (exact) mass is 455 g/mol. The van der Waals surface area contributed by atoms with Gasteiger partial charge in [0, 0.05) is 30.2 Å². The van der Waals surface area contributed by atoms with Crippen molar-refractivity contribution in [2.24, 2.45) is 0 Å². The van der Waals surface area contributed by atoms with Crippen molar-refractivity contribution in [3.8, 4) is 0 Å². The number of nitrogens with zero attached hydrogens (tertiary/aromatic N) is 2. The molecule has 3 aromatic rings. The lowest BCUT2D eigenvalue weighted by Crippen LogP contribution is -2.35. The highest BCUT2D eigenvalue weighted by Gasteiger charge is 2.30. The van der Waals surface area contributed by atoms with Gasteiger partial charge in [0.25, 0.3) is 0 Å². The van der Waals surface area contributed by atoms with Gasteiger partial charge in [0.1, 0.15) is 5.69 Å². The van der Waals surface area contributed by atoms with Gasteiger partial charge in [-0.3, -0.25) is 9.78 Å². The van der Waals surface area contributed by atoms with Gasteiger partial charge in [0.15, 0.2) is 5.78 Å². The van der Waals surface area contributed by atoms with Crippen LogP contribution in [0.15, 0.2) is 59.8 Å². The van der Waals surface area contributed by atoms with Crippen molar-refractivity contribution in [2.45, 2.75) is 32.2 Å². The average Bonchev–Trinajstić information content (AvgIpc) is 3.08. The van der Waals surface area contributed by atoms with Crippen LogP contribution in [-0.4, -0.2) is 47.6 Å². The summed E-state index contributed by atoms with van der Waals surface area (Å²) < 4.78 is 32.9. The van der Waals surface area contributed by atoms with E-state index in [2.05, 4.69) is 9.97 Å². The number of hydrogen-bond donors (Lipinski definition) is 1. The van der Waals surface area contributed by atoms with Crippen LogP contribution in [0.1, 0.15) is 44.6 Å². The lowest BCUT2D eigenvalue weighted by Gasteiger charge is -2.22. The van der Waals surface area contributed by atoms with E-state index in [0.29, 0.717) is 16.8 Å². The number of Topliss-reactive ketones (excluding diaryl/α,β-unsaturated/α-hetero) is 1. The maximum atomic E-state index is 13.3. The number of aromatic amines is 1. The number of ketones is 1. The average molecular weight is 456 g/mol. The number of sulfonamides is 1. The molecular formula is C23H25N3O5S. The van der Waals surface area contributed by atoms with E-state index in [1.807, 2.05) is 0 Å². The number of nitrogens with one attached hydrogen (secondary N) is 1. The summed E-state index contributed by atoms with van der Waals surface area (Å²) in [5.74, 6) is -0.974. The Morgan fingerprint density at radius 2 is 1.72 bits per heavy atom. The van der Waals surface area contributed by atoms with Crippen LogP contribution in [0.4, 0.5) is 0 Å². The number of aromatic nitrogens is 2. The van der Waals surface area contributed by atoms with Crippen LogP contribution in [-0.2, 0) is 21.3 Å². The van der Waals surface area contributed by atoms with E-state index in [1.165, 1.54) is 12.1 Å². The van der Waals surface area contributed by atoms with Gasteiger partial charge in [-0.25, -0.2) is 13.2 Å². The van der Waals surface area contributed by atoms with Gasteiger partial charge >= 0.3 is 5.97 Å². The normalized spacial score (nSPS) is 11.5. The van der Waals surface area contributed by atoms with Crippen molar-refractivity contribution in [3.05, 3.63) is 82.9 Å². The maximum Gasteiger partial charge on any atom is 0.355 e. The third-order valence-corrected chi connectivity index (χ3v) is 6.81. The topological polar surface area (TPSA) is 109 Å². The van der Waals surface area contributed by atoms with Crippen molar-refractivity contribution in [1.82, 2.24) is 14.3 Å². The van der Waals surface area contributed by atoms with Gasteiger partial charge < -0.3 is 9.72 Å². The lowest BCUT2D eigenvalue weighted by molar-refractivity contribution is 0.0519. The van der Waals surface area contributed by atoms with Gasteiger partial charge in [-0.1, -0.05) is 18.2 Å². The number of ether oxygens (including phenoxy) is 1. The van der Waals surface area contributed by atoms with Crippen LogP contribution in [0.3, 0.4) is 0 Å². The molecule has 0 saturated carbocycles. The predicted octanol–water partition coefficient (Wildman–Crippen LogP) is 3.28. The van der Waals surface area contributed by atoms with Crippen LogP contribution in [0.25, 0.3) is 0 Å². The highest BCUT2D eigenvalue weighted by Crippen LogP contribution is 2.23. The van der Waals surface area contributed by atoms with Crippen LogP contribution >= 0.6 is 0 Å². The summed E-state index contributed by atoms with van der Waals surface area (Å²) in [7, 11) is -3.96. The first-order valence-electron chi connectivity index (χ1n) is 10.1. The van der Waals surface area contributed by atoms with E-state index < -0.39 is 21.8 Å². The first-order valence-corrected chi connectivity index (χ1v) is 11.5. The second kappa shape index (κ2) is 9.88. The van der Waals surface area contributed by atoms with E-state index in [-0.39, 0.29) is 35.8 Å². The van der Waals surface area contributed by atoms with E-state index in [1.54, 1.807) is 63.5 Å². The fraction of sp³-hybridized carbons (Fsp3) is 0.261. The van der Waals surface area contributed by atoms with Crippen LogP contribution < -0.4 is 0 Å². The van der Waals surface area contributed by atoms with Crippen molar-refractivity contribution >= 4 is 21.8 Å². The Bertz CT molecular complexity index is 1210. The van der Waals surface area contributed by atoms with E-state index >= 15 is 0 Å². The standard InChI is InChI=1S/C23H25N3O5S/c1-4-31-23(28)22-16(2)21(17(3)25-22)20(27)15-26(14-18-10-12-24-13-11-18)32(29,30)19-8-6-5-7-9-19/h5-13,25H,4,14-15H2,1-3H3. The van der Waals surface area contributed by atoms with E-state index in [0.717, 1.165) is 4.31 Å². The fourth-order valence-electron chi connectivity index (χ4n) is 3.47. The first kappa shape index (κ1) is 23.4. The van der Waals surface area contributed by atoms with E-state index in [9.17, 15) is 18.0 Å². The van der Waals surface area contributed by atoms with Crippen molar-refractivity contribution in [2.75, 3.05) is 13.2 Å². The summed E-state index contributed by atoms with van der Waals surface area (Å²) in [6, 6.07) is 11.4. The van der Waals surface area contributed by atoms with Gasteiger partial charge in [-0.2, -0.15) is 4.31 Å². The molecule has 0 atom stereocenters. The number of rotatable bonds is 9. The molecule has 3 rings (SSSR count). The van der Waals surface area contributed by atoms with Crippen molar-refractivity contribution < 1.29 is 22.7 Å². The summed E-state index contributed by atoms with van der Waals surface area (Å²) in [4.78, 5) is 32.4. The predicted molar refractivity (Wildman–Crippen MR) is 119 cm³/mol. The quantitative estimate of drug-likeness (QED) is 0.392. The molecule has 32 heavy (non-hydrogen) atoms. The molecule has 0 unspecified atom stereocenters. The minimum Gasteiger partial charge on any atom is -0.461 e. The second-order valence-corrected chi connectivity index (χ2v) is 9.15. The number of aryl methyl sites for hydroxylation is 1. The van der Waals surface area contributed by atoms with E-state index in [4.69, 9.17) is 4.74 Å². The summed E-state index contributed by atoms with van der Waals surface area (Å²) in [6.45, 7) is 4.82. The molecule has 0 spiro atoms. The number of carbonyl (C=O) groups excluding carboxylic acids is 2. The number of H-pyrrole nitrogens is 1. The third kappa shape index (κ3) is 4.95. The Kier molecular flexibility index (Phi) is 7.22. The van der Waals surface area contributed by atoms with Crippen LogP contribution in [0.5, 0.6) is 0 Å². The van der Waals surface area contributed by atoms with Crippen molar-refractivity contribution in [1.29, 1.82) is 0 Å². The molecule has 1 aromatic carbocycles. The second-order valence-electron chi connectivity index (χ2n) is 7.21. The van der Waals surface area contributed by atoms with Gasteiger partial charge in [-0.05, 0) is 56.2 Å². The van der Waals surface area contributed by atoms with Crippen LogP contribution in [0, 0.1) is 13.8 Å². The molecule has 0 bridgehead atoms. The summed E-state index contributed by atoms with van der Waals surface area (Å²) in [5, 5.41) is 0. The highest BCUT2D eigenvalue weighted by atomic mass is 32.2. The minimum absolute atomic E-state index is 0.00125. The minimum atomic E-state index is -3.96. The van der Waals surface area contributed by atoms with Gasteiger partial charge in [-0.15, -0.1) is 0 Å². The molecule has 2 heterocycles. The molecule has 0 aliphatic carbocycles. The molecule has 168 valence electrons. The molecule has 9 heteroatoms. The molecule has 1 N–H and O–H groups in total. The Morgan fingerprint density at radius 1 is 1.06 bits per heavy atom. The zero-order chi connectivity index (χ0) is 23.3. The van der Waals surface area contributed by atoms with Crippen LogP contribution in [0.2, 0.25) is 0 Å². The molecule has 0 aliphatic rings. The van der Waals surface area contributed by atoms with Crippen molar-refractivity contribution in [3.63, 3.8) is 0 Å². The highest BCUT2D eigenvalue weighted by molar-refractivity contribution is 7.89. The molecule has 0 amide bonds. The molecule has 0 saturated heterocycles. The molecular weight excluding hydrogens is 430 g/mol. The number of pyridine rings is 1. The molecule has 8 nitrogen and oxygen atoms in total. The molecule has 0 fully saturated rings. The zero-order valence-corrected chi connectivity index (χ0v) is 19.0. The zero-order valence-electron chi connectivity index (χ0n) is 18.2. The number of benzene rings is 1. The Hall–Kier alpha value is -3.30. The number of carbonyl (C=O) groups is 2. The number of esters is 1. The summed E-state index contributed by atoms with van der Waals surface area (Å²) >= 11 is 0. The molecule has 0 radical (unpaired) electrons. The summed E-state index contributed by atoms with van der Waals surface area (Å²) in [5.41, 5.74) is 2.10. The lowest BCUT2D eigenvalue weighted by atomic mass is 10.1. The maximum absolute atomic E-state index is 13.3. The molecule has 2 aromatic heterocycles. The summed E-state index contributed by atoms with van der Waals surface area (Å²) in [6.07, 6.45) is 3.13. The Labute approximate surface area is 187 Å². The Balaban J connectivity index is 1.97. The Morgan fingerprint density at radius 3 is 2.34 bits per heavy atom. The largest absolute Gasteiger partial charge is 0.461 e. The van der Waals surface area contributed by atoms with Gasteiger partial charge in [0.2, 0.25) is 10.0 Å². The van der Waals surface area contributed by atoms with Gasteiger partial charge in [0.05, 0.1) is 18.0 Å². The first-order chi connectivity index (χ1) is 15.3. The third-order valence-electron chi connectivity index (χ3n) is 5.01.